The third kappa shape index (κ3) is 3.42. The Hall–Kier alpha value is -3.54. The van der Waals surface area contributed by atoms with Crippen LogP contribution in [0, 0.1) is 0 Å². The van der Waals surface area contributed by atoms with E-state index in [1.165, 1.54) is 33.5 Å². The number of ether oxygens (including phenoxy) is 3. The van der Waals surface area contributed by atoms with Crippen LogP contribution >= 0.6 is 0 Å². The van der Waals surface area contributed by atoms with Crippen LogP contribution in [0.3, 0.4) is 0 Å². The highest BCUT2D eigenvalue weighted by atomic mass is 16.5. The summed E-state index contributed by atoms with van der Waals surface area (Å²) in [7, 11) is 4.37. The smallest absolute Gasteiger partial charge is 0.196 e. The van der Waals surface area contributed by atoms with Gasteiger partial charge in [0.1, 0.15) is 11.5 Å². The summed E-state index contributed by atoms with van der Waals surface area (Å²) in [5, 5.41) is 0. The van der Waals surface area contributed by atoms with Gasteiger partial charge >= 0.3 is 0 Å². The molecule has 0 spiro atoms. The maximum Gasteiger partial charge on any atom is 0.196 e. The van der Waals surface area contributed by atoms with Crippen molar-refractivity contribution in [3.63, 3.8) is 0 Å². The highest BCUT2D eigenvalue weighted by Gasteiger charge is 2.20. The molecule has 6 heteroatoms. The molecule has 0 unspecified atom stereocenters. The standard InChI is InChI=1S/C21H18O6/c1-24-18-7-6-13(17-5-4-8-27-17)10-16(18)20(23)14-9-15(12-22)21(26-3)19(11-14)25-2/h4-12H,1-3H3. The summed E-state index contributed by atoms with van der Waals surface area (Å²) >= 11 is 0. The summed E-state index contributed by atoms with van der Waals surface area (Å²) in [5.74, 6) is 1.31. The van der Waals surface area contributed by atoms with E-state index < -0.39 is 0 Å². The number of aldehydes is 1. The average Bonchev–Trinajstić information content (AvgIpc) is 3.26. The Morgan fingerprint density at radius 3 is 2.33 bits per heavy atom. The number of carbonyl (C=O) groups excluding carboxylic acids is 2. The molecule has 0 aliphatic carbocycles. The first-order chi connectivity index (χ1) is 13.1. The maximum absolute atomic E-state index is 13.2. The van der Waals surface area contributed by atoms with Gasteiger partial charge in [0.25, 0.3) is 0 Å². The molecule has 0 saturated heterocycles. The number of methoxy groups -OCH3 is 3. The van der Waals surface area contributed by atoms with E-state index >= 15 is 0 Å². The Bertz CT molecular complexity index is 973. The zero-order valence-corrected chi connectivity index (χ0v) is 15.1. The summed E-state index contributed by atoms with van der Waals surface area (Å²) in [6, 6.07) is 11.8. The zero-order chi connectivity index (χ0) is 19.4. The fourth-order valence-electron chi connectivity index (χ4n) is 2.85. The van der Waals surface area contributed by atoms with Crippen LogP contribution < -0.4 is 14.2 Å². The predicted molar refractivity (Wildman–Crippen MR) is 99.1 cm³/mol. The highest BCUT2D eigenvalue weighted by molar-refractivity contribution is 6.12. The Balaban J connectivity index is 2.13. The third-order valence-corrected chi connectivity index (χ3v) is 4.15. The average molecular weight is 366 g/mol. The van der Waals surface area contributed by atoms with E-state index in [1.807, 2.05) is 0 Å². The molecule has 3 aromatic rings. The zero-order valence-electron chi connectivity index (χ0n) is 15.1. The lowest BCUT2D eigenvalue weighted by Gasteiger charge is -2.13. The van der Waals surface area contributed by atoms with Crippen molar-refractivity contribution in [2.75, 3.05) is 21.3 Å². The molecule has 0 saturated carbocycles. The van der Waals surface area contributed by atoms with Crippen LogP contribution in [-0.4, -0.2) is 33.4 Å². The molecule has 1 heterocycles. The molecule has 0 radical (unpaired) electrons. The molecular formula is C21H18O6. The minimum Gasteiger partial charge on any atom is -0.496 e. The highest BCUT2D eigenvalue weighted by Crippen LogP contribution is 2.34. The summed E-state index contributed by atoms with van der Waals surface area (Å²) in [5.41, 5.74) is 1.58. The van der Waals surface area contributed by atoms with Gasteiger partial charge in [0.2, 0.25) is 0 Å². The van der Waals surface area contributed by atoms with Crippen molar-refractivity contribution in [2.45, 2.75) is 0 Å². The number of carbonyl (C=O) groups is 2. The van der Waals surface area contributed by atoms with Gasteiger partial charge in [0, 0.05) is 11.1 Å². The summed E-state index contributed by atoms with van der Waals surface area (Å²) < 4.78 is 21.2. The van der Waals surface area contributed by atoms with Crippen molar-refractivity contribution in [3.8, 4) is 28.6 Å². The van der Waals surface area contributed by atoms with Gasteiger partial charge in [0.05, 0.1) is 38.7 Å². The largest absolute Gasteiger partial charge is 0.496 e. The summed E-state index contributed by atoms with van der Waals surface area (Å²) in [4.78, 5) is 24.6. The van der Waals surface area contributed by atoms with Crippen LogP contribution in [-0.2, 0) is 0 Å². The van der Waals surface area contributed by atoms with Crippen molar-refractivity contribution in [1.82, 2.24) is 0 Å². The van der Waals surface area contributed by atoms with Crippen molar-refractivity contribution >= 4 is 12.1 Å². The lowest BCUT2D eigenvalue weighted by Crippen LogP contribution is -2.07. The molecule has 2 aromatic carbocycles. The molecule has 0 bridgehead atoms. The van der Waals surface area contributed by atoms with Gasteiger partial charge in [-0.05, 0) is 42.5 Å². The Morgan fingerprint density at radius 2 is 1.74 bits per heavy atom. The van der Waals surface area contributed by atoms with Gasteiger partial charge in [-0.3, -0.25) is 9.59 Å². The summed E-state index contributed by atoms with van der Waals surface area (Å²) in [6.07, 6.45) is 2.18. The van der Waals surface area contributed by atoms with Crippen LogP contribution in [0.4, 0.5) is 0 Å². The number of benzene rings is 2. The van der Waals surface area contributed by atoms with Crippen molar-refractivity contribution in [1.29, 1.82) is 0 Å². The van der Waals surface area contributed by atoms with Crippen molar-refractivity contribution < 1.29 is 28.2 Å². The van der Waals surface area contributed by atoms with E-state index in [4.69, 9.17) is 18.6 Å². The van der Waals surface area contributed by atoms with Crippen molar-refractivity contribution in [2.24, 2.45) is 0 Å². The molecule has 1 aromatic heterocycles. The molecule has 0 amide bonds. The van der Waals surface area contributed by atoms with E-state index in [0.717, 1.165) is 5.56 Å². The molecule has 0 atom stereocenters. The van der Waals surface area contributed by atoms with Crippen molar-refractivity contribution in [3.05, 3.63) is 65.4 Å². The second-order valence-electron chi connectivity index (χ2n) is 5.64. The first kappa shape index (κ1) is 18.3. The van der Waals surface area contributed by atoms with Gasteiger partial charge in [-0.2, -0.15) is 0 Å². The second-order valence-corrected chi connectivity index (χ2v) is 5.64. The summed E-state index contributed by atoms with van der Waals surface area (Å²) in [6.45, 7) is 0. The van der Waals surface area contributed by atoms with E-state index in [-0.39, 0.29) is 22.7 Å². The van der Waals surface area contributed by atoms with Crippen LogP contribution in [0.15, 0.2) is 53.1 Å². The van der Waals surface area contributed by atoms with E-state index in [0.29, 0.717) is 29.1 Å². The predicted octanol–water partition coefficient (Wildman–Crippen LogP) is 4.02. The number of hydrogen-bond acceptors (Lipinski definition) is 6. The molecule has 6 nitrogen and oxygen atoms in total. The van der Waals surface area contributed by atoms with Crippen LogP contribution in [0.2, 0.25) is 0 Å². The quantitative estimate of drug-likeness (QED) is 0.464. The molecule has 0 aliphatic heterocycles. The molecule has 0 aliphatic rings. The number of rotatable bonds is 7. The van der Waals surface area contributed by atoms with E-state index in [2.05, 4.69) is 0 Å². The van der Waals surface area contributed by atoms with Crippen LogP contribution in [0.25, 0.3) is 11.3 Å². The SMILES string of the molecule is COc1ccc(-c2ccco2)cc1C(=O)c1cc(C=O)c(OC)c(OC)c1. The molecule has 3 rings (SSSR count). The first-order valence-electron chi connectivity index (χ1n) is 8.10. The van der Waals surface area contributed by atoms with Crippen LogP contribution in [0.5, 0.6) is 17.2 Å². The molecule has 0 fully saturated rings. The monoisotopic (exact) mass is 366 g/mol. The van der Waals surface area contributed by atoms with Crippen LogP contribution in [0.1, 0.15) is 26.3 Å². The molecular weight excluding hydrogens is 348 g/mol. The van der Waals surface area contributed by atoms with Gasteiger partial charge in [-0.15, -0.1) is 0 Å². The molecule has 27 heavy (non-hydrogen) atoms. The fraction of sp³-hybridized carbons (Fsp3) is 0.143. The third-order valence-electron chi connectivity index (χ3n) is 4.15. The Morgan fingerprint density at radius 1 is 0.963 bits per heavy atom. The topological polar surface area (TPSA) is 75.0 Å². The van der Waals surface area contributed by atoms with Gasteiger partial charge in [0.15, 0.2) is 23.6 Å². The Kier molecular flexibility index (Phi) is 5.26. The normalized spacial score (nSPS) is 10.3. The first-order valence-corrected chi connectivity index (χ1v) is 8.10. The molecule has 138 valence electrons. The van der Waals surface area contributed by atoms with E-state index in [1.54, 1.807) is 36.6 Å². The molecule has 0 N–H and O–H groups in total. The number of ketones is 1. The Labute approximate surface area is 156 Å². The van der Waals surface area contributed by atoms with E-state index in [9.17, 15) is 9.59 Å². The minimum absolute atomic E-state index is 0.223. The number of furan rings is 1. The lowest BCUT2D eigenvalue weighted by molar-refractivity contribution is 0.103. The lowest BCUT2D eigenvalue weighted by atomic mass is 9.97. The maximum atomic E-state index is 13.2. The number of hydrogen-bond donors (Lipinski definition) is 0. The van der Waals surface area contributed by atoms with Gasteiger partial charge in [-0.25, -0.2) is 0 Å². The van der Waals surface area contributed by atoms with Gasteiger partial charge in [-0.1, -0.05) is 0 Å². The van der Waals surface area contributed by atoms with Gasteiger partial charge < -0.3 is 18.6 Å². The second kappa shape index (κ2) is 7.78. The minimum atomic E-state index is -0.315. The fourth-order valence-corrected chi connectivity index (χ4v) is 2.85.